The zero-order valence-electron chi connectivity index (χ0n) is 12.3. The molecule has 20 heavy (non-hydrogen) atoms. The molecule has 6 heteroatoms. The van der Waals surface area contributed by atoms with E-state index in [1.165, 1.54) is 4.31 Å². The third-order valence-electron chi connectivity index (χ3n) is 4.02. The molecule has 5 nitrogen and oxygen atoms in total. The van der Waals surface area contributed by atoms with Crippen LogP contribution in [0.1, 0.15) is 12.8 Å². The molecule has 1 aliphatic rings. The second kappa shape index (κ2) is 6.11. The van der Waals surface area contributed by atoms with E-state index in [-0.39, 0.29) is 6.04 Å². The Labute approximate surface area is 121 Å². The monoisotopic (exact) mass is 297 g/mol. The number of nitrogens with one attached hydrogen (secondary N) is 1. The minimum Gasteiger partial charge on any atom is -0.388 e. The first-order valence-corrected chi connectivity index (χ1v) is 8.33. The normalized spacial score (nSPS) is 18.4. The van der Waals surface area contributed by atoms with Crippen LogP contribution in [0.5, 0.6) is 0 Å². The van der Waals surface area contributed by atoms with Crippen molar-refractivity contribution in [3.8, 4) is 0 Å². The highest BCUT2D eigenvalue weighted by molar-refractivity contribution is 7.89. The maximum atomic E-state index is 12.6. The minimum absolute atomic E-state index is 0.0974. The van der Waals surface area contributed by atoms with Gasteiger partial charge in [0.25, 0.3) is 0 Å². The van der Waals surface area contributed by atoms with Gasteiger partial charge in [-0.3, -0.25) is 0 Å². The lowest BCUT2D eigenvalue weighted by atomic mass is 10.1. The van der Waals surface area contributed by atoms with Gasteiger partial charge in [-0.1, -0.05) is 0 Å². The Morgan fingerprint density at radius 3 is 2.25 bits per heavy atom. The fourth-order valence-electron chi connectivity index (χ4n) is 2.51. The summed E-state index contributed by atoms with van der Waals surface area (Å²) >= 11 is 0. The molecule has 0 aromatic heterocycles. The molecule has 1 aromatic rings. The third-order valence-corrected chi connectivity index (χ3v) is 5.95. The Kier molecular flexibility index (Phi) is 4.67. The molecule has 0 atom stereocenters. The molecular formula is C14H23N3O2S. The van der Waals surface area contributed by atoms with Gasteiger partial charge in [-0.25, -0.2) is 8.42 Å². The Hall–Kier alpha value is -1.11. The standard InChI is InChI=1S/C14H23N3O2S/c1-15-12-4-6-14(7-5-12)20(18,19)17(3)13-8-10-16(2)11-9-13/h4-7,13,15H,8-11H2,1-3H3. The van der Waals surface area contributed by atoms with Crippen molar-refractivity contribution in [1.29, 1.82) is 0 Å². The zero-order chi connectivity index (χ0) is 14.8. The number of rotatable bonds is 4. The highest BCUT2D eigenvalue weighted by atomic mass is 32.2. The van der Waals surface area contributed by atoms with E-state index in [2.05, 4.69) is 17.3 Å². The first kappa shape index (κ1) is 15.3. The molecule has 0 bridgehead atoms. The zero-order valence-corrected chi connectivity index (χ0v) is 13.2. The molecule has 1 aromatic carbocycles. The van der Waals surface area contributed by atoms with Gasteiger partial charge >= 0.3 is 0 Å². The summed E-state index contributed by atoms with van der Waals surface area (Å²) in [6.07, 6.45) is 1.78. The Balaban J connectivity index is 2.16. The summed E-state index contributed by atoms with van der Waals surface area (Å²) in [5, 5.41) is 2.99. The van der Waals surface area contributed by atoms with Crippen LogP contribution in [-0.4, -0.2) is 57.9 Å². The SMILES string of the molecule is CNc1ccc(S(=O)(=O)N(C)C2CCN(C)CC2)cc1. The molecule has 1 saturated heterocycles. The van der Waals surface area contributed by atoms with Crippen molar-refractivity contribution in [3.05, 3.63) is 24.3 Å². The van der Waals surface area contributed by atoms with E-state index in [0.717, 1.165) is 31.6 Å². The number of hydrogen-bond acceptors (Lipinski definition) is 4. The molecule has 0 spiro atoms. The number of piperidine rings is 1. The van der Waals surface area contributed by atoms with E-state index < -0.39 is 10.0 Å². The summed E-state index contributed by atoms with van der Waals surface area (Å²) in [5.41, 5.74) is 0.908. The van der Waals surface area contributed by atoms with Crippen LogP contribution in [0.3, 0.4) is 0 Å². The second-order valence-electron chi connectivity index (χ2n) is 5.33. The number of benzene rings is 1. The quantitative estimate of drug-likeness (QED) is 0.914. The van der Waals surface area contributed by atoms with Crippen LogP contribution in [0.2, 0.25) is 0 Å². The molecule has 112 valence electrons. The van der Waals surface area contributed by atoms with Crippen molar-refractivity contribution < 1.29 is 8.42 Å². The number of nitrogens with zero attached hydrogens (tertiary/aromatic N) is 2. The Morgan fingerprint density at radius 1 is 1.20 bits per heavy atom. The topological polar surface area (TPSA) is 52.7 Å². The molecule has 1 aliphatic heterocycles. The van der Waals surface area contributed by atoms with Crippen molar-refractivity contribution in [3.63, 3.8) is 0 Å². The van der Waals surface area contributed by atoms with Gasteiger partial charge in [-0.15, -0.1) is 0 Å². The van der Waals surface area contributed by atoms with Gasteiger partial charge in [-0.05, 0) is 57.2 Å². The maximum absolute atomic E-state index is 12.6. The largest absolute Gasteiger partial charge is 0.388 e. The predicted octanol–water partition coefficient (Wildman–Crippen LogP) is 1.44. The lowest BCUT2D eigenvalue weighted by molar-refractivity contribution is 0.197. The van der Waals surface area contributed by atoms with Crippen molar-refractivity contribution >= 4 is 15.7 Å². The Morgan fingerprint density at radius 2 is 1.75 bits per heavy atom. The van der Waals surface area contributed by atoms with Gasteiger partial charge in [-0.2, -0.15) is 4.31 Å². The molecule has 0 unspecified atom stereocenters. The van der Waals surface area contributed by atoms with Crippen LogP contribution in [0, 0.1) is 0 Å². The highest BCUT2D eigenvalue weighted by Crippen LogP contribution is 2.23. The van der Waals surface area contributed by atoms with Crippen LogP contribution < -0.4 is 5.32 Å². The maximum Gasteiger partial charge on any atom is 0.243 e. The summed E-state index contributed by atoms with van der Waals surface area (Å²) < 4.78 is 26.7. The lowest BCUT2D eigenvalue weighted by Crippen LogP contribution is -2.44. The average molecular weight is 297 g/mol. The number of likely N-dealkylation sites (tertiary alicyclic amines) is 1. The fraction of sp³-hybridized carbons (Fsp3) is 0.571. The number of sulfonamides is 1. The first-order chi connectivity index (χ1) is 9.45. The third kappa shape index (κ3) is 3.13. The fourth-order valence-corrected chi connectivity index (χ4v) is 3.93. The molecule has 0 radical (unpaired) electrons. The van der Waals surface area contributed by atoms with Crippen molar-refractivity contribution in [2.45, 2.75) is 23.8 Å². The van der Waals surface area contributed by atoms with E-state index in [0.29, 0.717) is 4.90 Å². The van der Waals surface area contributed by atoms with E-state index in [1.807, 2.05) is 7.05 Å². The summed E-state index contributed by atoms with van der Waals surface area (Å²) in [7, 11) is 2.18. The van der Waals surface area contributed by atoms with Crippen LogP contribution in [0.4, 0.5) is 5.69 Å². The Bertz CT molecular complexity index is 534. The van der Waals surface area contributed by atoms with Gasteiger partial charge in [0.2, 0.25) is 10.0 Å². The molecule has 2 rings (SSSR count). The van der Waals surface area contributed by atoms with Crippen molar-refractivity contribution in [2.24, 2.45) is 0 Å². The second-order valence-corrected chi connectivity index (χ2v) is 7.33. The molecule has 0 saturated carbocycles. The predicted molar refractivity (Wildman–Crippen MR) is 81.5 cm³/mol. The van der Waals surface area contributed by atoms with Gasteiger partial charge < -0.3 is 10.2 Å². The van der Waals surface area contributed by atoms with E-state index in [9.17, 15) is 8.42 Å². The van der Waals surface area contributed by atoms with Crippen molar-refractivity contribution in [1.82, 2.24) is 9.21 Å². The van der Waals surface area contributed by atoms with Crippen LogP contribution in [-0.2, 0) is 10.0 Å². The van der Waals surface area contributed by atoms with E-state index >= 15 is 0 Å². The van der Waals surface area contributed by atoms with Crippen LogP contribution in [0.15, 0.2) is 29.2 Å². The molecule has 1 fully saturated rings. The molecule has 0 aliphatic carbocycles. The smallest absolute Gasteiger partial charge is 0.243 e. The molecular weight excluding hydrogens is 274 g/mol. The van der Waals surface area contributed by atoms with Crippen LogP contribution >= 0.6 is 0 Å². The highest BCUT2D eigenvalue weighted by Gasteiger charge is 2.29. The first-order valence-electron chi connectivity index (χ1n) is 6.89. The van der Waals surface area contributed by atoms with Crippen LogP contribution in [0.25, 0.3) is 0 Å². The molecule has 1 N–H and O–H groups in total. The summed E-state index contributed by atoms with van der Waals surface area (Å²) in [6.45, 7) is 1.90. The van der Waals surface area contributed by atoms with Gasteiger partial charge in [0.15, 0.2) is 0 Å². The van der Waals surface area contributed by atoms with Crippen molar-refractivity contribution in [2.75, 3.05) is 39.5 Å². The van der Waals surface area contributed by atoms with E-state index in [4.69, 9.17) is 0 Å². The minimum atomic E-state index is -3.39. The summed E-state index contributed by atoms with van der Waals surface area (Å²) in [5.74, 6) is 0. The van der Waals surface area contributed by atoms with Gasteiger partial charge in [0.1, 0.15) is 0 Å². The molecule has 1 heterocycles. The summed E-state index contributed by atoms with van der Waals surface area (Å²) in [4.78, 5) is 2.59. The lowest BCUT2D eigenvalue weighted by Gasteiger charge is -2.34. The van der Waals surface area contributed by atoms with Gasteiger partial charge in [0.05, 0.1) is 4.90 Å². The summed E-state index contributed by atoms with van der Waals surface area (Å²) in [6, 6.07) is 6.99. The number of anilines is 1. The van der Waals surface area contributed by atoms with E-state index in [1.54, 1.807) is 31.3 Å². The van der Waals surface area contributed by atoms with Gasteiger partial charge in [0, 0.05) is 25.8 Å². The molecule has 0 amide bonds. The number of hydrogen-bond donors (Lipinski definition) is 1. The average Bonchev–Trinajstić information content (AvgIpc) is 2.47.